The minimum Gasteiger partial charge on any atom is -0.467 e. The third kappa shape index (κ3) is 4.90. The molecule has 0 unspecified atom stereocenters. The molecule has 2 aliphatic heterocycles. The van der Waals surface area contributed by atoms with Crippen molar-refractivity contribution in [2.45, 2.75) is 19.0 Å². The summed E-state index contributed by atoms with van der Waals surface area (Å²) in [6.45, 7) is 4.85. The van der Waals surface area contributed by atoms with E-state index in [1.165, 1.54) is 17.4 Å². The second-order valence-electron chi connectivity index (χ2n) is 8.88. The number of benzene rings is 2. The lowest BCUT2D eigenvalue weighted by atomic mass is 9.95. The lowest BCUT2D eigenvalue weighted by molar-refractivity contribution is -0.153. The van der Waals surface area contributed by atoms with Gasteiger partial charge in [0, 0.05) is 26.2 Å². The van der Waals surface area contributed by atoms with Crippen LogP contribution in [0.25, 0.3) is 0 Å². The molecule has 8 heteroatoms. The number of esters is 1. The number of rotatable bonds is 6. The van der Waals surface area contributed by atoms with E-state index in [2.05, 4.69) is 63.6 Å². The van der Waals surface area contributed by atoms with Crippen LogP contribution in [0.3, 0.4) is 0 Å². The first-order chi connectivity index (χ1) is 17.7. The smallest absolute Gasteiger partial charge is 0.321 e. The second-order valence-corrected chi connectivity index (χ2v) is 8.88. The van der Waals surface area contributed by atoms with Gasteiger partial charge < -0.3 is 14.1 Å². The maximum atomic E-state index is 13.0. The first-order valence-electron chi connectivity index (χ1n) is 12.3. The summed E-state index contributed by atoms with van der Waals surface area (Å²) >= 11 is 0. The fourth-order valence-corrected chi connectivity index (χ4v) is 4.96. The van der Waals surface area contributed by atoms with Gasteiger partial charge in [-0.15, -0.1) is 0 Å². The molecule has 3 heterocycles. The van der Waals surface area contributed by atoms with Crippen molar-refractivity contribution in [3.8, 4) is 0 Å². The van der Waals surface area contributed by atoms with Crippen LogP contribution in [0.2, 0.25) is 0 Å². The van der Waals surface area contributed by atoms with Gasteiger partial charge >= 0.3 is 5.97 Å². The highest BCUT2D eigenvalue weighted by atomic mass is 16.5. The van der Waals surface area contributed by atoms with Crippen LogP contribution in [0.5, 0.6) is 0 Å². The Labute approximate surface area is 210 Å². The van der Waals surface area contributed by atoms with E-state index in [1.807, 2.05) is 12.1 Å². The normalized spacial score (nSPS) is 20.7. The first-order valence-corrected chi connectivity index (χ1v) is 12.3. The lowest BCUT2D eigenvalue weighted by Gasteiger charge is -2.41. The molecule has 0 bridgehead atoms. The molecule has 2 aliphatic rings. The predicted octanol–water partition coefficient (Wildman–Crippen LogP) is 3.39. The number of guanidine groups is 1. The minimum absolute atomic E-state index is 0.140. The summed E-state index contributed by atoms with van der Waals surface area (Å²) in [4.78, 5) is 34.9. The largest absolute Gasteiger partial charge is 0.467 e. The molecule has 5 rings (SSSR count). The van der Waals surface area contributed by atoms with E-state index < -0.39 is 23.8 Å². The van der Waals surface area contributed by atoms with Crippen LogP contribution < -0.4 is 5.32 Å². The number of nitrogens with zero attached hydrogens (tertiary/aromatic N) is 3. The molecular formula is C28H30N4O4. The molecule has 2 atom stereocenters. The van der Waals surface area contributed by atoms with Crippen LogP contribution >= 0.6 is 0 Å². The van der Waals surface area contributed by atoms with Crippen molar-refractivity contribution < 1.29 is 18.7 Å². The van der Waals surface area contributed by atoms with Crippen molar-refractivity contribution >= 4 is 17.8 Å². The summed E-state index contributed by atoms with van der Waals surface area (Å²) in [7, 11) is 0. The van der Waals surface area contributed by atoms with Gasteiger partial charge in [0.15, 0.2) is 5.92 Å². The van der Waals surface area contributed by atoms with E-state index >= 15 is 0 Å². The maximum absolute atomic E-state index is 13.0. The molecule has 0 aliphatic carbocycles. The van der Waals surface area contributed by atoms with E-state index in [1.54, 1.807) is 19.1 Å². The van der Waals surface area contributed by atoms with Crippen molar-refractivity contribution in [2.24, 2.45) is 10.9 Å². The topological polar surface area (TPSA) is 87.4 Å². The predicted molar refractivity (Wildman–Crippen MR) is 135 cm³/mol. The quantitative estimate of drug-likeness (QED) is 0.425. The number of hydrogen-bond donors (Lipinski definition) is 1. The summed E-state index contributed by atoms with van der Waals surface area (Å²) in [5, 5.41) is 2.85. The molecule has 1 aromatic heterocycles. The number of furan rings is 1. The number of carbonyl (C=O) groups excluding carboxylic acids is 2. The van der Waals surface area contributed by atoms with Crippen LogP contribution in [-0.2, 0) is 14.3 Å². The summed E-state index contributed by atoms with van der Waals surface area (Å²) in [5.41, 5.74) is 2.49. The van der Waals surface area contributed by atoms with E-state index in [0.717, 1.165) is 13.1 Å². The molecule has 1 fully saturated rings. The van der Waals surface area contributed by atoms with Gasteiger partial charge in [-0.25, -0.2) is 4.99 Å². The third-order valence-electron chi connectivity index (χ3n) is 6.68. The Morgan fingerprint density at radius 1 is 1.00 bits per heavy atom. The third-order valence-corrected chi connectivity index (χ3v) is 6.68. The van der Waals surface area contributed by atoms with Gasteiger partial charge in [0.1, 0.15) is 11.8 Å². The van der Waals surface area contributed by atoms with Gasteiger partial charge in [0.05, 0.1) is 18.9 Å². The Morgan fingerprint density at radius 2 is 1.64 bits per heavy atom. The van der Waals surface area contributed by atoms with Crippen molar-refractivity contribution in [3.05, 3.63) is 95.9 Å². The van der Waals surface area contributed by atoms with Gasteiger partial charge in [-0.2, -0.15) is 0 Å². The zero-order valence-corrected chi connectivity index (χ0v) is 20.2. The van der Waals surface area contributed by atoms with Crippen molar-refractivity contribution in [1.82, 2.24) is 15.1 Å². The van der Waals surface area contributed by atoms with Crippen molar-refractivity contribution in [1.29, 1.82) is 0 Å². The summed E-state index contributed by atoms with van der Waals surface area (Å²) < 4.78 is 10.7. The van der Waals surface area contributed by atoms with Gasteiger partial charge in [0.2, 0.25) is 11.9 Å². The number of amides is 1. The first kappa shape index (κ1) is 23.8. The van der Waals surface area contributed by atoms with Crippen molar-refractivity contribution in [2.75, 3.05) is 32.8 Å². The van der Waals surface area contributed by atoms with Crippen molar-refractivity contribution in [3.63, 3.8) is 0 Å². The van der Waals surface area contributed by atoms with Gasteiger partial charge in [0.25, 0.3) is 0 Å². The SMILES string of the molecule is CCOC(=O)[C@H]1C(=O)NC(N2CCN(C(c3ccccc3)c3ccccc3)CC2)=N[C@H]1c1ccco1. The van der Waals surface area contributed by atoms with Gasteiger partial charge in [-0.05, 0) is 30.2 Å². The van der Waals surface area contributed by atoms with Gasteiger partial charge in [-0.3, -0.25) is 19.8 Å². The highest BCUT2D eigenvalue weighted by molar-refractivity contribution is 6.08. The molecule has 36 heavy (non-hydrogen) atoms. The Hall–Kier alpha value is -3.91. The molecule has 0 spiro atoms. The second kappa shape index (κ2) is 10.8. The van der Waals surface area contributed by atoms with E-state index in [4.69, 9.17) is 14.1 Å². The molecule has 2 aromatic carbocycles. The average Bonchev–Trinajstić information content (AvgIpc) is 3.45. The standard InChI is InChI=1S/C28H30N4O4/c1-2-35-27(34)23-24(22-14-9-19-36-22)29-28(30-26(23)33)32-17-15-31(16-18-32)25(20-10-5-3-6-11-20)21-12-7-4-8-13-21/h3-14,19,23-25H,2,15-18H2,1H3,(H,29,30,33)/t23-,24+/m1/s1. The molecule has 1 saturated heterocycles. The summed E-state index contributed by atoms with van der Waals surface area (Å²) in [5.74, 6) is -1.17. The number of ether oxygens (including phenoxy) is 1. The summed E-state index contributed by atoms with van der Waals surface area (Å²) in [6.07, 6.45) is 1.52. The van der Waals surface area contributed by atoms with Crippen LogP contribution in [0.4, 0.5) is 0 Å². The fraction of sp³-hybridized carbons (Fsp3) is 0.321. The van der Waals surface area contributed by atoms with Crippen LogP contribution in [0, 0.1) is 5.92 Å². The monoisotopic (exact) mass is 486 g/mol. The zero-order chi connectivity index (χ0) is 24.9. The number of hydrogen-bond acceptors (Lipinski definition) is 7. The molecule has 1 N–H and O–H groups in total. The molecule has 0 saturated carbocycles. The molecular weight excluding hydrogens is 456 g/mol. The maximum Gasteiger partial charge on any atom is 0.321 e. The van der Waals surface area contributed by atoms with Gasteiger partial charge in [-0.1, -0.05) is 60.7 Å². The molecule has 8 nitrogen and oxygen atoms in total. The Bertz CT molecular complexity index is 1150. The molecule has 3 aromatic rings. The zero-order valence-electron chi connectivity index (χ0n) is 20.2. The van der Waals surface area contributed by atoms with Crippen LogP contribution in [-0.4, -0.2) is 60.4 Å². The number of aliphatic imine (C=N–C) groups is 1. The Balaban J connectivity index is 1.36. The van der Waals surface area contributed by atoms with E-state index in [-0.39, 0.29) is 12.6 Å². The highest BCUT2D eigenvalue weighted by Crippen LogP contribution is 2.32. The minimum atomic E-state index is -1.08. The molecule has 186 valence electrons. The molecule has 1 amide bonds. The lowest BCUT2D eigenvalue weighted by Crippen LogP contribution is -2.57. The fourth-order valence-electron chi connectivity index (χ4n) is 4.96. The number of piperazine rings is 1. The van der Waals surface area contributed by atoms with E-state index in [0.29, 0.717) is 24.8 Å². The number of nitrogens with one attached hydrogen (secondary N) is 1. The average molecular weight is 487 g/mol. The Kier molecular flexibility index (Phi) is 7.13. The van der Waals surface area contributed by atoms with Crippen LogP contribution in [0.15, 0.2) is 88.5 Å². The molecule has 0 radical (unpaired) electrons. The van der Waals surface area contributed by atoms with E-state index in [9.17, 15) is 9.59 Å². The number of carbonyl (C=O) groups is 2. The Morgan fingerprint density at radius 3 is 2.19 bits per heavy atom. The summed E-state index contributed by atoms with van der Waals surface area (Å²) in [6, 6.07) is 23.9. The highest BCUT2D eigenvalue weighted by Gasteiger charge is 2.43. The van der Waals surface area contributed by atoms with Crippen LogP contribution in [0.1, 0.15) is 35.9 Å².